The number of nitrogens with one attached hydrogen (secondary N) is 2. The topological polar surface area (TPSA) is 94.5 Å². The van der Waals surface area contributed by atoms with Crippen molar-refractivity contribution in [2.45, 2.75) is 18.8 Å². The molecule has 0 atom stereocenters. The Morgan fingerprint density at radius 3 is 3.00 bits per heavy atom. The number of aromatic amines is 1. The number of nitriles is 1. The quantitative estimate of drug-likeness (QED) is 0.906. The van der Waals surface area contributed by atoms with Crippen LogP contribution in [0.3, 0.4) is 0 Å². The van der Waals surface area contributed by atoms with Crippen molar-refractivity contribution in [1.29, 1.82) is 5.26 Å². The molecule has 0 bridgehead atoms. The molecule has 1 aliphatic carbocycles. The van der Waals surface area contributed by atoms with E-state index in [0.29, 0.717) is 22.2 Å². The minimum atomic E-state index is -0.417. The van der Waals surface area contributed by atoms with Crippen LogP contribution >= 0.6 is 11.6 Å². The number of carbonyl (C=O) groups is 1. The van der Waals surface area contributed by atoms with Gasteiger partial charge in [0, 0.05) is 11.6 Å². The number of aromatic nitrogens is 3. The summed E-state index contributed by atoms with van der Waals surface area (Å²) in [6, 6.07) is 6.64. The fourth-order valence-corrected chi connectivity index (χ4v) is 1.95. The zero-order valence-electron chi connectivity index (χ0n) is 10.4. The zero-order valence-corrected chi connectivity index (χ0v) is 11.1. The van der Waals surface area contributed by atoms with E-state index in [0.717, 1.165) is 18.7 Å². The molecule has 1 fully saturated rings. The largest absolute Gasteiger partial charge is 0.319 e. The number of anilines is 1. The number of carbonyl (C=O) groups excluding carboxylic acids is 1. The van der Waals surface area contributed by atoms with E-state index in [4.69, 9.17) is 16.9 Å². The van der Waals surface area contributed by atoms with E-state index in [2.05, 4.69) is 20.5 Å². The van der Waals surface area contributed by atoms with Gasteiger partial charge in [-0.2, -0.15) is 5.26 Å². The third-order valence-electron chi connectivity index (χ3n) is 3.01. The van der Waals surface area contributed by atoms with Gasteiger partial charge < -0.3 is 5.32 Å². The van der Waals surface area contributed by atoms with Gasteiger partial charge in [0.15, 0.2) is 0 Å². The van der Waals surface area contributed by atoms with Crippen molar-refractivity contribution >= 4 is 23.2 Å². The van der Waals surface area contributed by atoms with Gasteiger partial charge in [0.2, 0.25) is 5.82 Å². The molecule has 2 N–H and O–H groups in total. The standard InChI is InChI=1S/C13H10ClN5O/c14-10-4-3-9(5-8(10)6-15)16-13(20)12-17-11(18-19-12)7-1-2-7/h3-5,7H,1-2H2,(H,16,20)(H,17,18,19). The number of H-pyrrole nitrogens is 1. The molecule has 0 radical (unpaired) electrons. The zero-order chi connectivity index (χ0) is 14.1. The van der Waals surface area contributed by atoms with Gasteiger partial charge >= 0.3 is 0 Å². The lowest BCUT2D eigenvalue weighted by Gasteiger charge is -2.03. The lowest BCUT2D eigenvalue weighted by Crippen LogP contribution is -2.14. The average Bonchev–Trinajstić information content (AvgIpc) is 3.18. The van der Waals surface area contributed by atoms with E-state index >= 15 is 0 Å². The molecule has 1 aliphatic rings. The summed E-state index contributed by atoms with van der Waals surface area (Å²) in [6.07, 6.45) is 2.16. The van der Waals surface area contributed by atoms with Crippen molar-refractivity contribution in [3.05, 3.63) is 40.4 Å². The van der Waals surface area contributed by atoms with Crippen molar-refractivity contribution < 1.29 is 4.79 Å². The van der Waals surface area contributed by atoms with Crippen LogP contribution in [-0.2, 0) is 0 Å². The smallest absolute Gasteiger partial charge is 0.295 e. The number of amides is 1. The van der Waals surface area contributed by atoms with E-state index in [1.54, 1.807) is 12.1 Å². The van der Waals surface area contributed by atoms with Crippen molar-refractivity contribution in [1.82, 2.24) is 15.2 Å². The molecule has 0 aliphatic heterocycles. The van der Waals surface area contributed by atoms with Crippen LogP contribution in [-0.4, -0.2) is 21.1 Å². The molecule has 1 aromatic carbocycles. The highest BCUT2D eigenvalue weighted by atomic mass is 35.5. The second-order valence-electron chi connectivity index (χ2n) is 4.58. The van der Waals surface area contributed by atoms with Crippen molar-refractivity contribution in [3.8, 4) is 6.07 Å². The van der Waals surface area contributed by atoms with E-state index in [-0.39, 0.29) is 5.82 Å². The SMILES string of the molecule is N#Cc1cc(NC(=O)c2n[nH]c(C3CC3)n2)ccc1Cl. The Labute approximate surface area is 119 Å². The second-order valence-corrected chi connectivity index (χ2v) is 4.99. The highest BCUT2D eigenvalue weighted by Gasteiger charge is 2.28. The molecule has 1 aromatic heterocycles. The van der Waals surface area contributed by atoms with Gasteiger partial charge in [0.05, 0.1) is 10.6 Å². The van der Waals surface area contributed by atoms with E-state index < -0.39 is 5.91 Å². The molecule has 20 heavy (non-hydrogen) atoms. The third kappa shape index (κ3) is 2.49. The maximum absolute atomic E-state index is 12.0. The van der Waals surface area contributed by atoms with Crippen LogP contribution in [0.15, 0.2) is 18.2 Å². The number of rotatable bonds is 3. The van der Waals surface area contributed by atoms with Crippen molar-refractivity contribution in [2.75, 3.05) is 5.32 Å². The van der Waals surface area contributed by atoms with Crippen LogP contribution in [0.5, 0.6) is 0 Å². The molecule has 0 unspecified atom stereocenters. The summed E-state index contributed by atoms with van der Waals surface area (Å²) < 4.78 is 0. The van der Waals surface area contributed by atoms with Gasteiger partial charge in [-0.15, -0.1) is 5.10 Å². The van der Waals surface area contributed by atoms with Crippen LogP contribution in [0.4, 0.5) is 5.69 Å². The van der Waals surface area contributed by atoms with Crippen LogP contribution in [0.25, 0.3) is 0 Å². The Morgan fingerprint density at radius 1 is 1.50 bits per heavy atom. The molecule has 100 valence electrons. The molecule has 3 rings (SSSR count). The first kappa shape index (κ1) is 12.6. The lowest BCUT2D eigenvalue weighted by molar-refractivity contribution is 0.101. The molecule has 0 spiro atoms. The minimum Gasteiger partial charge on any atom is -0.319 e. The van der Waals surface area contributed by atoms with Crippen molar-refractivity contribution in [2.24, 2.45) is 0 Å². The molecular weight excluding hydrogens is 278 g/mol. The Hall–Kier alpha value is -2.39. The Kier molecular flexibility index (Phi) is 3.12. The summed E-state index contributed by atoms with van der Waals surface area (Å²) in [5, 5.41) is 18.5. The molecule has 1 heterocycles. The maximum atomic E-state index is 12.0. The highest BCUT2D eigenvalue weighted by Crippen LogP contribution is 2.37. The summed E-state index contributed by atoms with van der Waals surface area (Å²) in [4.78, 5) is 16.1. The molecule has 6 nitrogen and oxygen atoms in total. The molecule has 1 amide bonds. The van der Waals surface area contributed by atoms with E-state index in [1.165, 1.54) is 6.07 Å². The fourth-order valence-electron chi connectivity index (χ4n) is 1.79. The van der Waals surface area contributed by atoms with Crippen LogP contribution in [0.2, 0.25) is 5.02 Å². The van der Waals surface area contributed by atoms with Gasteiger partial charge in [-0.3, -0.25) is 9.89 Å². The molecule has 2 aromatic rings. The predicted octanol–water partition coefficient (Wildman–Crippen LogP) is 2.46. The summed E-state index contributed by atoms with van der Waals surface area (Å²) in [5.41, 5.74) is 0.784. The van der Waals surface area contributed by atoms with Crippen molar-refractivity contribution in [3.63, 3.8) is 0 Å². The number of hydrogen-bond donors (Lipinski definition) is 2. The normalized spacial score (nSPS) is 13.8. The molecule has 0 saturated heterocycles. The Balaban J connectivity index is 1.76. The van der Waals surface area contributed by atoms with Gasteiger partial charge in [0.25, 0.3) is 5.91 Å². The van der Waals surface area contributed by atoms with E-state index in [9.17, 15) is 4.79 Å². The van der Waals surface area contributed by atoms with E-state index in [1.807, 2.05) is 6.07 Å². The Morgan fingerprint density at radius 2 is 2.30 bits per heavy atom. The average molecular weight is 288 g/mol. The monoisotopic (exact) mass is 287 g/mol. The molecule has 7 heteroatoms. The number of halogens is 1. The van der Waals surface area contributed by atoms with Crippen LogP contribution in [0.1, 0.15) is 40.8 Å². The number of nitrogens with zero attached hydrogens (tertiary/aromatic N) is 3. The summed E-state index contributed by atoms with van der Waals surface area (Å²) in [7, 11) is 0. The minimum absolute atomic E-state index is 0.0976. The molecule has 1 saturated carbocycles. The van der Waals surface area contributed by atoms with Crippen LogP contribution < -0.4 is 5.32 Å². The van der Waals surface area contributed by atoms with Crippen LogP contribution in [0, 0.1) is 11.3 Å². The second kappa shape index (κ2) is 4.94. The first-order valence-corrected chi connectivity index (χ1v) is 6.48. The first-order valence-electron chi connectivity index (χ1n) is 6.10. The summed E-state index contributed by atoms with van der Waals surface area (Å²) in [5.74, 6) is 0.841. The Bertz CT molecular complexity index is 714. The highest BCUT2D eigenvalue weighted by molar-refractivity contribution is 6.31. The first-order chi connectivity index (χ1) is 9.67. The maximum Gasteiger partial charge on any atom is 0.295 e. The summed E-state index contributed by atoms with van der Waals surface area (Å²) >= 11 is 5.83. The van der Waals surface area contributed by atoms with Gasteiger partial charge in [-0.25, -0.2) is 4.98 Å². The predicted molar refractivity (Wildman–Crippen MR) is 72.5 cm³/mol. The number of benzene rings is 1. The lowest BCUT2D eigenvalue weighted by atomic mass is 10.2. The third-order valence-corrected chi connectivity index (χ3v) is 3.34. The number of hydrogen-bond acceptors (Lipinski definition) is 4. The van der Waals surface area contributed by atoms with Gasteiger partial charge in [-0.05, 0) is 31.0 Å². The van der Waals surface area contributed by atoms with Gasteiger partial charge in [0.1, 0.15) is 11.9 Å². The summed E-state index contributed by atoms with van der Waals surface area (Å²) in [6.45, 7) is 0. The molecular formula is C13H10ClN5O. The van der Waals surface area contributed by atoms with Gasteiger partial charge in [-0.1, -0.05) is 11.6 Å². The fraction of sp³-hybridized carbons (Fsp3) is 0.231.